The zero-order valence-electron chi connectivity index (χ0n) is 11.9. The minimum atomic E-state index is -0.610. The third-order valence-electron chi connectivity index (χ3n) is 3.31. The lowest BCUT2D eigenvalue weighted by molar-refractivity contribution is 0.0286. The Balaban J connectivity index is 4.39. The van der Waals surface area contributed by atoms with Crippen LogP contribution in [0, 0.1) is 5.41 Å². The number of likely N-dealkylation sites (N-methyl/N-ethyl adjacent to an activating group) is 1. The van der Waals surface area contributed by atoms with Crippen molar-refractivity contribution in [2.75, 3.05) is 33.7 Å². The van der Waals surface area contributed by atoms with E-state index < -0.39 is 5.60 Å². The van der Waals surface area contributed by atoms with E-state index in [0.717, 1.165) is 19.6 Å². The molecule has 0 rings (SSSR count). The van der Waals surface area contributed by atoms with Gasteiger partial charge in [-0.2, -0.15) is 0 Å². The van der Waals surface area contributed by atoms with Crippen LogP contribution >= 0.6 is 0 Å². The minimum Gasteiger partial charge on any atom is -0.389 e. The molecule has 0 spiro atoms. The van der Waals surface area contributed by atoms with E-state index >= 15 is 0 Å². The van der Waals surface area contributed by atoms with E-state index in [1.165, 1.54) is 12.8 Å². The molecule has 16 heavy (non-hydrogen) atoms. The van der Waals surface area contributed by atoms with Crippen LogP contribution < -0.4 is 5.32 Å². The van der Waals surface area contributed by atoms with E-state index in [1.54, 1.807) is 0 Å². The number of hydrogen-bond acceptors (Lipinski definition) is 3. The van der Waals surface area contributed by atoms with E-state index in [0.29, 0.717) is 5.41 Å². The molecule has 0 aromatic heterocycles. The van der Waals surface area contributed by atoms with Crippen molar-refractivity contribution < 1.29 is 5.11 Å². The average molecular weight is 230 g/mol. The molecule has 0 aromatic carbocycles. The van der Waals surface area contributed by atoms with Gasteiger partial charge in [-0.15, -0.1) is 0 Å². The normalized spacial score (nSPS) is 13.5. The summed E-state index contributed by atoms with van der Waals surface area (Å²) < 4.78 is 0. The highest BCUT2D eigenvalue weighted by Crippen LogP contribution is 2.26. The number of nitrogens with zero attached hydrogens (tertiary/aromatic N) is 1. The van der Waals surface area contributed by atoms with Gasteiger partial charge >= 0.3 is 0 Å². The first-order valence-corrected chi connectivity index (χ1v) is 6.34. The summed E-state index contributed by atoms with van der Waals surface area (Å²) in [7, 11) is 4.10. The number of rotatable bonds is 8. The van der Waals surface area contributed by atoms with E-state index in [1.807, 2.05) is 20.9 Å². The second-order valence-corrected chi connectivity index (χ2v) is 5.72. The molecule has 0 radical (unpaired) electrons. The van der Waals surface area contributed by atoms with Crippen LogP contribution in [0.1, 0.15) is 40.5 Å². The van der Waals surface area contributed by atoms with Crippen molar-refractivity contribution in [3.05, 3.63) is 0 Å². The molecule has 98 valence electrons. The maximum Gasteiger partial charge on any atom is 0.0718 e. The lowest BCUT2D eigenvalue weighted by Gasteiger charge is -2.37. The van der Waals surface area contributed by atoms with Crippen molar-refractivity contribution >= 4 is 0 Å². The van der Waals surface area contributed by atoms with Gasteiger partial charge in [-0.05, 0) is 46.2 Å². The van der Waals surface area contributed by atoms with Crippen LogP contribution in [0.15, 0.2) is 0 Å². The average Bonchev–Trinajstić information content (AvgIpc) is 2.14. The molecular formula is C13H30N2O. The van der Waals surface area contributed by atoms with Crippen molar-refractivity contribution in [3.63, 3.8) is 0 Å². The van der Waals surface area contributed by atoms with Crippen LogP contribution in [0.2, 0.25) is 0 Å². The highest BCUT2D eigenvalue weighted by molar-refractivity contribution is 4.83. The summed E-state index contributed by atoms with van der Waals surface area (Å²) in [6.07, 6.45) is 2.33. The van der Waals surface area contributed by atoms with Crippen molar-refractivity contribution in [1.82, 2.24) is 10.2 Å². The van der Waals surface area contributed by atoms with Gasteiger partial charge in [0.25, 0.3) is 0 Å². The van der Waals surface area contributed by atoms with Gasteiger partial charge in [0, 0.05) is 19.6 Å². The topological polar surface area (TPSA) is 35.5 Å². The molecular weight excluding hydrogens is 200 g/mol. The second-order valence-electron chi connectivity index (χ2n) is 5.72. The van der Waals surface area contributed by atoms with Gasteiger partial charge in [0.15, 0.2) is 0 Å². The lowest BCUT2D eigenvalue weighted by Crippen LogP contribution is -2.45. The lowest BCUT2D eigenvalue weighted by atomic mass is 9.81. The molecule has 0 amide bonds. The van der Waals surface area contributed by atoms with Crippen molar-refractivity contribution in [1.29, 1.82) is 0 Å². The van der Waals surface area contributed by atoms with Gasteiger partial charge in [0.2, 0.25) is 0 Å². The van der Waals surface area contributed by atoms with Crippen LogP contribution in [0.25, 0.3) is 0 Å². The molecule has 0 bridgehead atoms. The van der Waals surface area contributed by atoms with E-state index in [-0.39, 0.29) is 0 Å². The molecule has 0 aliphatic carbocycles. The smallest absolute Gasteiger partial charge is 0.0718 e. The second kappa shape index (κ2) is 6.58. The predicted molar refractivity (Wildman–Crippen MR) is 70.7 cm³/mol. The number of aliphatic hydroxyl groups is 1. The van der Waals surface area contributed by atoms with Gasteiger partial charge in [0.05, 0.1) is 5.60 Å². The molecule has 0 heterocycles. The summed E-state index contributed by atoms with van der Waals surface area (Å²) >= 11 is 0. The summed E-state index contributed by atoms with van der Waals surface area (Å²) in [6, 6.07) is 0. The van der Waals surface area contributed by atoms with E-state index in [2.05, 4.69) is 31.1 Å². The van der Waals surface area contributed by atoms with Crippen LogP contribution in [0.5, 0.6) is 0 Å². The predicted octanol–water partition coefficient (Wildman–Crippen LogP) is 1.71. The van der Waals surface area contributed by atoms with Gasteiger partial charge in [-0.25, -0.2) is 0 Å². The maximum atomic E-state index is 9.80. The maximum absolute atomic E-state index is 9.80. The van der Waals surface area contributed by atoms with Gasteiger partial charge < -0.3 is 15.3 Å². The number of hydrogen-bond donors (Lipinski definition) is 2. The zero-order valence-corrected chi connectivity index (χ0v) is 11.9. The SMILES string of the molecule is CCC(CC)(CNC)CN(C)CC(C)(C)O. The fourth-order valence-corrected chi connectivity index (χ4v) is 2.44. The Morgan fingerprint density at radius 3 is 1.94 bits per heavy atom. The quantitative estimate of drug-likeness (QED) is 0.666. The Kier molecular flexibility index (Phi) is 6.53. The van der Waals surface area contributed by atoms with Crippen LogP contribution in [-0.4, -0.2) is 49.3 Å². The van der Waals surface area contributed by atoms with E-state index in [9.17, 15) is 5.11 Å². The molecule has 0 aliphatic heterocycles. The summed E-state index contributed by atoms with van der Waals surface area (Å²) in [4.78, 5) is 2.24. The Hall–Kier alpha value is -0.120. The fourth-order valence-electron chi connectivity index (χ4n) is 2.44. The molecule has 3 heteroatoms. The third-order valence-corrected chi connectivity index (χ3v) is 3.31. The minimum absolute atomic E-state index is 0.328. The summed E-state index contributed by atoms with van der Waals surface area (Å²) in [5, 5.41) is 13.1. The van der Waals surface area contributed by atoms with Crippen LogP contribution in [0.4, 0.5) is 0 Å². The van der Waals surface area contributed by atoms with E-state index in [4.69, 9.17) is 0 Å². The summed E-state index contributed by atoms with van der Waals surface area (Å²) in [6.45, 7) is 11.0. The first-order valence-electron chi connectivity index (χ1n) is 6.34. The third kappa shape index (κ3) is 5.83. The number of nitrogens with one attached hydrogen (secondary N) is 1. The Morgan fingerprint density at radius 1 is 1.12 bits per heavy atom. The van der Waals surface area contributed by atoms with Crippen molar-refractivity contribution in [3.8, 4) is 0 Å². The molecule has 0 aliphatic rings. The first-order chi connectivity index (χ1) is 7.28. The molecule has 0 saturated carbocycles. The van der Waals surface area contributed by atoms with Gasteiger partial charge in [-0.1, -0.05) is 13.8 Å². The zero-order chi connectivity index (χ0) is 12.8. The monoisotopic (exact) mass is 230 g/mol. The highest BCUT2D eigenvalue weighted by atomic mass is 16.3. The van der Waals surface area contributed by atoms with Gasteiger partial charge in [-0.3, -0.25) is 0 Å². The summed E-state index contributed by atoms with van der Waals surface area (Å²) in [5.74, 6) is 0. The molecule has 0 saturated heterocycles. The Labute approximate surface area is 101 Å². The van der Waals surface area contributed by atoms with Crippen molar-refractivity contribution in [2.45, 2.75) is 46.1 Å². The standard InChI is InChI=1S/C13H30N2O/c1-7-13(8-2,9-14-5)11-15(6)10-12(3,4)16/h14,16H,7-11H2,1-6H3. The Bertz CT molecular complexity index is 183. The Morgan fingerprint density at radius 2 is 1.62 bits per heavy atom. The first kappa shape index (κ1) is 15.9. The molecule has 0 fully saturated rings. The van der Waals surface area contributed by atoms with Crippen LogP contribution in [-0.2, 0) is 0 Å². The van der Waals surface area contributed by atoms with Crippen LogP contribution in [0.3, 0.4) is 0 Å². The van der Waals surface area contributed by atoms with Gasteiger partial charge in [0.1, 0.15) is 0 Å². The summed E-state index contributed by atoms with van der Waals surface area (Å²) in [5.41, 5.74) is -0.281. The molecule has 0 unspecified atom stereocenters. The largest absolute Gasteiger partial charge is 0.389 e. The molecule has 0 aromatic rings. The molecule has 0 atom stereocenters. The highest BCUT2D eigenvalue weighted by Gasteiger charge is 2.28. The molecule has 2 N–H and O–H groups in total. The fraction of sp³-hybridized carbons (Fsp3) is 1.00. The molecule has 3 nitrogen and oxygen atoms in total. The van der Waals surface area contributed by atoms with Crippen molar-refractivity contribution in [2.24, 2.45) is 5.41 Å².